The van der Waals surface area contributed by atoms with Gasteiger partial charge >= 0.3 is 11.9 Å². The van der Waals surface area contributed by atoms with Crippen molar-refractivity contribution in [2.75, 3.05) is 6.54 Å². The summed E-state index contributed by atoms with van der Waals surface area (Å²) >= 11 is 3.29. The first-order chi connectivity index (χ1) is 9.88. The van der Waals surface area contributed by atoms with Gasteiger partial charge in [0.15, 0.2) is 0 Å². The van der Waals surface area contributed by atoms with Crippen LogP contribution in [0.3, 0.4) is 0 Å². The number of carbonyl (C=O) groups is 3. The Bertz CT molecular complexity index is 571. The first kappa shape index (κ1) is 15.5. The molecule has 2 atom stereocenters. The third kappa shape index (κ3) is 3.60. The lowest BCUT2D eigenvalue weighted by atomic mass is 10.0. The molecule has 6 nitrogen and oxygen atoms in total. The van der Waals surface area contributed by atoms with Crippen LogP contribution in [0.2, 0.25) is 0 Å². The molecule has 2 rings (SSSR count). The Labute approximate surface area is 129 Å². The number of nitrogens with zero attached hydrogens (tertiary/aromatic N) is 1. The fourth-order valence-electron chi connectivity index (χ4n) is 2.37. The summed E-state index contributed by atoms with van der Waals surface area (Å²) in [6.45, 7) is -0.0539. The van der Waals surface area contributed by atoms with E-state index >= 15 is 0 Å². The third-order valence-electron chi connectivity index (χ3n) is 3.51. The minimum absolute atomic E-state index is 0.0539. The molecule has 1 unspecified atom stereocenters. The highest BCUT2D eigenvalue weighted by Crippen LogP contribution is 2.23. The zero-order chi connectivity index (χ0) is 15.6. The van der Waals surface area contributed by atoms with Crippen molar-refractivity contribution in [1.29, 1.82) is 0 Å². The molecule has 1 aromatic rings. The number of aliphatic carboxylic acids is 2. The number of carboxylic acids is 2. The summed E-state index contributed by atoms with van der Waals surface area (Å²) in [5.41, 5.74) is 0.775. The van der Waals surface area contributed by atoms with E-state index in [1.165, 1.54) is 0 Å². The molecule has 1 aliphatic rings. The smallest absolute Gasteiger partial charge is 0.326 e. The Morgan fingerprint density at radius 1 is 1.29 bits per heavy atom. The Balaban J connectivity index is 2.16. The highest BCUT2D eigenvalue weighted by Gasteiger charge is 2.40. The molecule has 0 aliphatic carbocycles. The van der Waals surface area contributed by atoms with Crippen molar-refractivity contribution >= 4 is 33.8 Å². The summed E-state index contributed by atoms with van der Waals surface area (Å²) < 4.78 is 0.876. The second-order valence-electron chi connectivity index (χ2n) is 4.97. The maximum atomic E-state index is 11.9. The molecule has 0 bridgehead atoms. The molecule has 0 aromatic heterocycles. The molecular formula is C14H14BrNO5. The lowest BCUT2D eigenvalue weighted by molar-refractivity contribution is -0.148. The van der Waals surface area contributed by atoms with Crippen LogP contribution in [0.25, 0.3) is 0 Å². The number of benzene rings is 1. The van der Waals surface area contributed by atoms with Crippen molar-refractivity contribution in [1.82, 2.24) is 4.90 Å². The summed E-state index contributed by atoms with van der Waals surface area (Å²) in [5.74, 6) is -3.45. The highest BCUT2D eigenvalue weighted by molar-refractivity contribution is 9.10. The number of halogens is 1. The van der Waals surface area contributed by atoms with Gasteiger partial charge in [-0.05, 0) is 17.7 Å². The van der Waals surface area contributed by atoms with Crippen LogP contribution in [0.4, 0.5) is 0 Å². The predicted molar refractivity (Wildman–Crippen MR) is 76.7 cm³/mol. The van der Waals surface area contributed by atoms with Crippen LogP contribution in [0.1, 0.15) is 12.0 Å². The summed E-state index contributed by atoms with van der Waals surface area (Å²) in [6, 6.07) is 6.09. The molecular weight excluding hydrogens is 342 g/mol. The van der Waals surface area contributed by atoms with Crippen molar-refractivity contribution in [2.24, 2.45) is 5.92 Å². The second-order valence-corrected chi connectivity index (χ2v) is 5.89. The van der Waals surface area contributed by atoms with Crippen LogP contribution >= 0.6 is 15.9 Å². The van der Waals surface area contributed by atoms with E-state index in [1.54, 1.807) is 24.3 Å². The minimum Gasteiger partial charge on any atom is -0.481 e. The van der Waals surface area contributed by atoms with Gasteiger partial charge in [-0.25, -0.2) is 4.79 Å². The number of amides is 1. The van der Waals surface area contributed by atoms with E-state index in [-0.39, 0.29) is 19.4 Å². The Morgan fingerprint density at radius 2 is 1.90 bits per heavy atom. The first-order valence-corrected chi connectivity index (χ1v) is 7.17. The molecule has 0 spiro atoms. The summed E-state index contributed by atoms with van der Waals surface area (Å²) in [4.78, 5) is 35.4. The molecule has 1 aliphatic heterocycles. The quantitative estimate of drug-likeness (QED) is 0.831. The van der Waals surface area contributed by atoms with Crippen molar-refractivity contribution in [3.63, 3.8) is 0 Å². The second kappa shape index (κ2) is 6.26. The van der Waals surface area contributed by atoms with Crippen LogP contribution in [0.15, 0.2) is 28.7 Å². The summed E-state index contributed by atoms with van der Waals surface area (Å²) in [6.07, 6.45) is 0.0140. The number of carboxylic acid groups (broad SMARTS) is 2. The zero-order valence-electron chi connectivity index (χ0n) is 11.0. The van der Waals surface area contributed by atoms with Crippen LogP contribution in [0.5, 0.6) is 0 Å². The maximum absolute atomic E-state index is 11.9. The van der Waals surface area contributed by atoms with E-state index in [2.05, 4.69) is 15.9 Å². The zero-order valence-corrected chi connectivity index (χ0v) is 12.6. The molecule has 1 amide bonds. The Hall–Kier alpha value is -1.89. The van der Waals surface area contributed by atoms with Crippen LogP contribution in [-0.2, 0) is 20.8 Å². The van der Waals surface area contributed by atoms with Gasteiger partial charge in [0.1, 0.15) is 6.04 Å². The fourth-order valence-corrected chi connectivity index (χ4v) is 2.64. The maximum Gasteiger partial charge on any atom is 0.326 e. The molecule has 7 heteroatoms. The van der Waals surface area contributed by atoms with E-state index < -0.39 is 29.8 Å². The SMILES string of the molecule is O=C(O)C1CC(=O)N([C@@H](Cc2ccc(Br)cc2)C(=O)O)C1. The normalized spacial score (nSPS) is 19.6. The van der Waals surface area contributed by atoms with E-state index in [0.29, 0.717) is 0 Å². The van der Waals surface area contributed by atoms with Gasteiger partial charge in [0.2, 0.25) is 5.91 Å². The number of rotatable bonds is 5. The van der Waals surface area contributed by atoms with Crippen molar-refractivity contribution in [3.05, 3.63) is 34.3 Å². The van der Waals surface area contributed by atoms with E-state index in [0.717, 1.165) is 14.9 Å². The predicted octanol–water partition coefficient (Wildman–Crippen LogP) is 1.38. The molecule has 2 N–H and O–H groups in total. The van der Waals surface area contributed by atoms with Gasteiger partial charge in [0.25, 0.3) is 0 Å². The average Bonchev–Trinajstić information content (AvgIpc) is 2.80. The van der Waals surface area contributed by atoms with Crippen LogP contribution in [0, 0.1) is 5.92 Å². The monoisotopic (exact) mass is 355 g/mol. The highest BCUT2D eigenvalue weighted by atomic mass is 79.9. The number of carbonyl (C=O) groups excluding carboxylic acids is 1. The topological polar surface area (TPSA) is 94.9 Å². The van der Waals surface area contributed by atoms with E-state index in [9.17, 15) is 19.5 Å². The minimum atomic E-state index is -1.13. The largest absolute Gasteiger partial charge is 0.481 e. The Kier molecular flexibility index (Phi) is 4.62. The summed E-state index contributed by atoms with van der Waals surface area (Å²) in [5, 5.41) is 18.3. The van der Waals surface area contributed by atoms with Gasteiger partial charge in [-0.3, -0.25) is 9.59 Å². The molecule has 0 saturated carbocycles. The van der Waals surface area contributed by atoms with Crippen LogP contribution in [-0.4, -0.2) is 45.5 Å². The molecule has 112 valence electrons. The number of likely N-dealkylation sites (tertiary alicyclic amines) is 1. The molecule has 0 radical (unpaired) electrons. The Morgan fingerprint density at radius 3 is 2.38 bits per heavy atom. The average molecular weight is 356 g/mol. The van der Waals surface area contributed by atoms with Crippen LogP contribution < -0.4 is 0 Å². The van der Waals surface area contributed by atoms with Gasteiger partial charge in [-0.15, -0.1) is 0 Å². The summed E-state index contributed by atoms with van der Waals surface area (Å²) in [7, 11) is 0. The fraction of sp³-hybridized carbons (Fsp3) is 0.357. The number of hydrogen-bond donors (Lipinski definition) is 2. The number of hydrogen-bond acceptors (Lipinski definition) is 3. The van der Waals surface area contributed by atoms with Gasteiger partial charge in [-0.2, -0.15) is 0 Å². The lowest BCUT2D eigenvalue weighted by Gasteiger charge is -2.24. The van der Waals surface area contributed by atoms with Crippen molar-refractivity contribution < 1.29 is 24.6 Å². The van der Waals surface area contributed by atoms with Crippen molar-refractivity contribution in [2.45, 2.75) is 18.9 Å². The molecule has 1 heterocycles. The third-order valence-corrected chi connectivity index (χ3v) is 4.04. The van der Waals surface area contributed by atoms with E-state index in [1.807, 2.05) is 0 Å². The molecule has 21 heavy (non-hydrogen) atoms. The van der Waals surface area contributed by atoms with Gasteiger partial charge in [0.05, 0.1) is 5.92 Å². The van der Waals surface area contributed by atoms with Crippen molar-refractivity contribution in [3.8, 4) is 0 Å². The van der Waals surface area contributed by atoms with Gasteiger partial charge in [0, 0.05) is 23.9 Å². The molecule has 1 aromatic carbocycles. The lowest BCUT2D eigenvalue weighted by Crippen LogP contribution is -2.44. The standard InChI is InChI=1S/C14H14BrNO5/c15-10-3-1-8(2-4-10)5-11(14(20)21)16-7-9(13(18)19)6-12(16)17/h1-4,9,11H,5-7H2,(H,18,19)(H,20,21)/t9?,11-/m0/s1. The van der Waals surface area contributed by atoms with E-state index in [4.69, 9.17) is 5.11 Å². The molecule has 1 fully saturated rings. The first-order valence-electron chi connectivity index (χ1n) is 6.38. The van der Waals surface area contributed by atoms with Gasteiger partial charge < -0.3 is 15.1 Å². The molecule has 1 saturated heterocycles. The van der Waals surface area contributed by atoms with Gasteiger partial charge in [-0.1, -0.05) is 28.1 Å².